The Balaban J connectivity index is 1.87. The largest absolute Gasteiger partial charge is 0.484 e. The molecular formula is C21H22N2O5. The van der Waals surface area contributed by atoms with Crippen LogP contribution in [0.5, 0.6) is 5.75 Å². The van der Waals surface area contributed by atoms with E-state index in [1.807, 2.05) is 0 Å². The molecule has 0 aromatic heterocycles. The van der Waals surface area contributed by atoms with Gasteiger partial charge in [0.25, 0.3) is 5.91 Å². The van der Waals surface area contributed by atoms with Gasteiger partial charge in [-0.05, 0) is 48.0 Å². The Hall–Kier alpha value is -3.61. The Bertz CT molecular complexity index is 855. The number of hydrogen-bond acceptors (Lipinski definition) is 5. The van der Waals surface area contributed by atoms with Crippen molar-refractivity contribution in [2.24, 2.45) is 0 Å². The van der Waals surface area contributed by atoms with Crippen LogP contribution in [0.3, 0.4) is 0 Å². The highest BCUT2D eigenvalue weighted by Gasteiger charge is 2.06. The molecule has 0 aliphatic carbocycles. The molecule has 0 atom stereocenters. The van der Waals surface area contributed by atoms with E-state index in [2.05, 4.69) is 10.1 Å². The van der Waals surface area contributed by atoms with Crippen LogP contribution in [0, 0.1) is 0 Å². The van der Waals surface area contributed by atoms with E-state index < -0.39 is 5.97 Å². The lowest BCUT2D eigenvalue weighted by Gasteiger charge is -2.11. The van der Waals surface area contributed by atoms with Gasteiger partial charge in [-0.3, -0.25) is 9.59 Å². The Kier molecular flexibility index (Phi) is 7.33. The number of methoxy groups -OCH3 is 1. The number of nitrogens with one attached hydrogen (secondary N) is 1. The zero-order chi connectivity index (χ0) is 20.5. The summed E-state index contributed by atoms with van der Waals surface area (Å²) >= 11 is 0. The third-order valence-corrected chi connectivity index (χ3v) is 3.74. The zero-order valence-electron chi connectivity index (χ0n) is 16.0. The maximum atomic E-state index is 12.0. The van der Waals surface area contributed by atoms with Crippen molar-refractivity contribution in [1.29, 1.82) is 0 Å². The predicted molar refractivity (Wildman–Crippen MR) is 106 cm³/mol. The molecule has 2 aromatic rings. The van der Waals surface area contributed by atoms with E-state index in [1.165, 1.54) is 18.1 Å². The molecule has 0 heterocycles. The van der Waals surface area contributed by atoms with Gasteiger partial charge in [-0.2, -0.15) is 0 Å². The van der Waals surface area contributed by atoms with E-state index in [0.717, 1.165) is 5.56 Å². The van der Waals surface area contributed by atoms with Crippen LogP contribution in [0.1, 0.15) is 15.9 Å². The first-order valence-electron chi connectivity index (χ1n) is 8.49. The minimum atomic E-state index is -0.410. The Morgan fingerprint density at radius 1 is 1.00 bits per heavy atom. The number of amides is 2. The lowest BCUT2D eigenvalue weighted by Crippen LogP contribution is -2.27. The normalized spacial score (nSPS) is 10.4. The van der Waals surface area contributed by atoms with Gasteiger partial charge < -0.3 is 19.7 Å². The van der Waals surface area contributed by atoms with Crippen molar-refractivity contribution in [2.75, 3.05) is 33.1 Å². The number of anilines is 1. The average molecular weight is 382 g/mol. The number of carbonyl (C=O) groups excluding carboxylic acids is 3. The number of hydrogen-bond donors (Lipinski definition) is 1. The van der Waals surface area contributed by atoms with E-state index in [1.54, 1.807) is 68.7 Å². The number of esters is 1. The molecule has 0 radical (unpaired) electrons. The number of nitrogens with zero attached hydrogens (tertiary/aromatic N) is 1. The Morgan fingerprint density at radius 3 is 2.21 bits per heavy atom. The first kappa shape index (κ1) is 20.7. The van der Waals surface area contributed by atoms with Crippen LogP contribution in [-0.4, -0.2) is 50.5 Å². The fourth-order valence-corrected chi connectivity index (χ4v) is 2.11. The van der Waals surface area contributed by atoms with Crippen LogP contribution in [0.25, 0.3) is 6.08 Å². The van der Waals surface area contributed by atoms with E-state index >= 15 is 0 Å². The fourth-order valence-electron chi connectivity index (χ4n) is 2.11. The van der Waals surface area contributed by atoms with Crippen LogP contribution < -0.4 is 10.1 Å². The average Bonchev–Trinajstić information content (AvgIpc) is 2.71. The van der Waals surface area contributed by atoms with Gasteiger partial charge in [0.15, 0.2) is 6.61 Å². The van der Waals surface area contributed by atoms with Crippen molar-refractivity contribution in [3.05, 3.63) is 65.7 Å². The lowest BCUT2D eigenvalue weighted by molar-refractivity contribution is -0.130. The summed E-state index contributed by atoms with van der Waals surface area (Å²) in [6.45, 7) is -0.0454. The number of rotatable bonds is 7. The zero-order valence-corrected chi connectivity index (χ0v) is 16.0. The summed E-state index contributed by atoms with van der Waals surface area (Å²) in [5.74, 6) is -0.308. The molecule has 0 bridgehead atoms. The van der Waals surface area contributed by atoms with Gasteiger partial charge >= 0.3 is 5.97 Å². The second-order valence-corrected chi connectivity index (χ2v) is 6.04. The fraction of sp³-hybridized carbons (Fsp3) is 0.190. The second-order valence-electron chi connectivity index (χ2n) is 6.04. The standard InChI is InChI=1S/C21H22N2O5/c1-23(2)20(25)14-28-18-11-9-17(10-12-18)22-19(24)13-6-15-4-7-16(8-5-15)21(26)27-3/h4-13H,14H2,1-3H3,(H,22,24)/b13-6+. The molecule has 2 rings (SSSR count). The molecule has 28 heavy (non-hydrogen) atoms. The highest BCUT2D eigenvalue weighted by molar-refractivity contribution is 6.02. The smallest absolute Gasteiger partial charge is 0.337 e. The van der Waals surface area contributed by atoms with Crippen molar-refractivity contribution in [3.63, 3.8) is 0 Å². The summed E-state index contributed by atoms with van der Waals surface area (Å²) in [7, 11) is 4.64. The van der Waals surface area contributed by atoms with Gasteiger partial charge in [0.2, 0.25) is 5.91 Å². The number of ether oxygens (including phenoxy) is 2. The topological polar surface area (TPSA) is 84.9 Å². The summed E-state index contributed by atoms with van der Waals surface area (Å²) in [6.07, 6.45) is 3.04. The predicted octanol–water partition coefficient (Wildman–Crippen LogP) is 2.59. The van der Waals surface area contributed by atoms with Gasteiger partial charge in [0, 0.05) is 25.9 Å². The summed E-state index contributed by atoms with van der Waals surface area (Å²) in [5, 5.41) is 2.73. The number of benzene rings is 2. The Labute approximate surface area is 163 Å². The molecule has 146 valence electrons. The minimum Gasteiger partial charge on any atom is -0.484 e. The molecule has 0 aliphatic heterocycles. The molecule has 7 heteroatoms. The van der Waals surface area contributed by atoms with Crippen molar-refractivity contribution < 1.29 is 23.9 Å². The van der Waals surface area contributed by atoms with Crippen molar-refractivity contribution in [3.8, 4) is 5.75 Å². The monoisotopic (exact) mass is 382 g/mol. The summed E-state index contributed by atoms with van der Waals surface area (Å²) in [6, 6.07) is 13.4. The maximum Gasteiger partial charge on any atom is 0.337 e. The third-order valence-electron chi connectivity index (χ3n) is 3.74. The molecule has 7 nitrogen and oxygen atoms in total. The minimum absolute atomic E-state index is 0.0454. The SMILES string of the molecule is COC(=O)c1ccc(/C=C/C(=O)Nc2ccc(OCC(=O)N(C)C)cc2)cc1. The van der Waals surface area contributed by atoms with Crippen molar-refractivity contribution in [2.45, 2.75) is 0 Å². The van der Waals surface area contributed by atoms with Gasteiger partial charge in [0.1, 0.15) is 5.75 Å². The first-order chi connectivity index (χ1) is 13.4. The lowest BCUT2D eigenvalue weighted by atomic mass is 10.1. The number of likely N-dealkylation sites (N-methyl/N-ethyl adjacent to an activating group) is 1. The maximum absolute atomic E-state index is 12.0. The number of carbonyl (C=O) groups is 3. The molecule has 0 unspecified atom stereocenters. The third kappa shape index (κ3) is 6.28. The van der Waals surface area contributed by atoms with Crippen LogP contribution in [0.2, 0.25) is 0 Å². The molecule has 0 spiro atoms. The highest BCUT2D eigenvalue weighted by Crippen LogP contribution is 2.16. The van der Waals surface area contributed by atoms with Crippen LogP contribution in [0.4, 0.5) is 5.69 Å². The summed E-state index contributed by atoms with van der Waals surface area (Å²) in [4.78, 5) is 36.4. The van der Waals surface area contributed by atoms with Gasteiger partial charge in [0.05, 0.1) is 12.7 Å². The quantitative estimate of drug-likeness (QED) is 0.588. The van der Waals surface area contributed by atoms with Crippen LogP contribution in [-0.2, 0) is 14.3 Å². The van der Waals surface area contributed by atoms with Crippen LogP contribution >= 0.6 is 0 Å². The van der Waals surface area contributed by atoms with Gasteiger partial charge in [-0.15, -0.1) is 0 Å². The van der Waals surface area contributed by atoms with Crippen LogP contribution in [0.15, 0.2) is 54.6 Å². The second kappa shape index (κ2) is 9.91. The molecule has 0 fully saturated rings. The first-order valence-corrected chi connectivity index (χ1v) is 8.49. The molecule has 1 N–H and O–H groups in total. The summed E-state index contributed by atoms with van der Waals surface area (Å²) in [5.41, 5.74) is 1.82. The summed E-state index contributed by atoms with van der Waals surface area (Å²) < 4.78 is 10.0. The molecule has 2 aromatic carbocycles. The van der Waals surface area contributed by atoms with Crippen molar-refractivity contribution in [1.82, 2.24) is 4.90 Å². The molecule has 0 saturated heterocycles. The van der Waals surface area contributed by atoms with E-state index in [4.69, 9.17) is 4.74 Å². The molecule has 2 amide bonds. The van der Waals surface area contributed by atoms with E-state index in [0.29, 0.717) is 17.0 Å². The molecular weight excluding hydrogens is 360 g/mol. The highest BCUT2D eigenvalue weighted by atomic mass is 16.5. The molecule has 0 saturated carbocycles. The van der Waals surface area contributed by atoms with E-state index in [-0.39, 0.29) is 18.4 Å². The van der Waals surface area contributed by atoms with Crippen molar-refractivity contribution >= 4 is 29.5 Å². The molecule has 0 aliphatic rings. The van der Waals surface area contributed by atoms with Gasteiger partial charge in [-0.1, -0.05) is 12.1 Å². The van der Waals surface area contributed by atoms with Gasteiger partial charge in [-0.25, -0.2) is 4.79 Å². The Morgan fingerprint density at radius 2 is 1.64 bits per heavy atom. The van der Waals surface area contributed by atoms with E-state index in [9.17, 15) is 14.4 Å².